The fourth-order valence-corrected chi connectivity index (χ4v) is 6.52. The minimum absolute atomic E-state index is 0.161. The lowest BCUT2D eigenvalue weighted by Crippen LogP contribution is -2.42. The second-order valence-electron chi connectivity index (χ2n) is 16.3. The lowest BCUT2D eigenvalue weighted by molar-refractivity contribution is -0.131. The molecule has 3 aromatic rings. The van der Waals surface area contributed by atoms with Crippen LogP contribution in [0.4, 0.5) is 17.6 Å². The number of carbonyl (C=O) groups excluding carboxylic acids is 2. The minimum Gasteiger partial charge on any atom is -0.345 e. The first-order chi connectivity index (χ1) is 24.3. The number of imidazole rings is 2. The Labute approximate surface area is 303 Å². The van der Waals surface area contributed by atoms with Crippen LogP contribution in [0.25, 0.3) is 0 Å². The number of hydrogen-bond acceptors (Lipinski definition) is 4. The van der Waals surface area contributed by atoms with Crippen molar-refractivity contribution in [2.75, 3.05) is 0 Å². The number of amides is 2. The van der Waals surface area contributed by atoms with Crippen molar-refractivity contribution in [3.05, 3.63) is 70.8 Å². The molecule has 0 radical (unpaired) electrons. The molecule has 2 saturated carbocycles. The Bertz CT molecular complexity index is 1710. The van der Waals surface area contributed by atoms with Crippen molar-refractivity contribution in [3.8, 4) is 23.7 Å². The van der Waals surface area contributed by atoms with Crippen molar-refractivity contribution in [1.82, 2.24) is 30.6 Å². The molecular weight excluding hydrogens is 672 g/mol. The molecule has 4 N–H and O–H groups in total. The molecule has 12 heteroatoms. The first kappa shape index (κ1) is 38.6. The number of H-pyrrole nitrogens is 2. The first-order valence-electron chi connectivity index (χ1n) is 17.9. The maximum absolute atomic E-state index is 13.6. The van der Waals surface area contributed by atoms with Crippen LogP contribution in [0.5, 0.6) is 0 Å². The van der Waals surface area contributed by atoms with Crippen molar-refractivity contribution < 1.29 is 27.2 Å². The van der Waals surface area contributed by atoms with Crippen LogP contribution in [0.15, 0.2) is 36.7 Å². The van der Waals surface area contributed by atoms with Gasteiger partial charge in [0.05, 0.1) is 24.5 Å². The van der Waals surface area contributed by atoms with Gasteiger partial charge in [0.1, 0.15) is 23.0 Å². The third-order valence-electron chi connectivity index (χ3n) is 9.79. The molecule has 0 spiro atoms. The van der Waals surface area contributed by atoms with E-state index in [-0.39, 0.29) is 63.2 Å². The average Bonchev–Trinajstić information content (AvgIpc) is 3.73. The maximum Gasteiger partial charge on any atom is 0.248 e. The molecule has 8 nitrogen and oxygen atoms in total. The Morgan fingerprint density at radius 2 is 0.981 bits per heavy atom. The maximum atomic E-state index is 13.6. The van der Waals surface area contributed by atoms with Gasteiger partial charge in [-0.3, -0.25) is 9.59 Å². The van der Waals surface area contributed by atoms with Crippen LogP contribution in [0.3, 0.4) is 0 Å². The number of aromatic amines is 2. The quantitative estimate of drug-likeness (QED) is 0.153. The highest BCUT2D eigenvalue weighted by atomic mass is 19.3. The van der Waals surface area contributed by atoms with E-state index in [1.165, 1.54) is 0 Å². The van der Waals surface area contributed by atoms with E-state index in [0.717, 1.165) is 11.1 Å². The summed E-state index contributed by atoms with van der Waals surface area (Å²) >= 11 is 0. The molecule has 278 valence electrons. The van der Waals surface area contributed by atoms with Gasteiger partial charge in [-0.1, -0.05) is 53.4 Å². The molecule has 2 heterocycles. The number of nitrogens with zero attached hydrogens (tertiary/aromatic N) is 2. The van der Waals surface area contributed by atoms with Crippen LogP contribution >= 0.6 is 0 Å². The molecule has 0 saturated heterocycles. The van der Waals surface area contributed by atoms with Gasteiger partial charge in [-0.05, 0) is 72.6 Å². The zero-order valence-corrected chi connectivity index (χ0v) is 30.7. The predicted octanol–water partition coefficient (Wildman–Crippen LogP) is 7.99. The van der Waals surface area contributed by atoms with E-state index in [1.807, 2.05) is 65.8 Å². The van der Waals surface area contributed by atoms with E-state index in [0.29, 0.717) is 23.0 Å². The largest absolute Gasteiger partial charge is 0.345 e. The van der Waals surface area contributed by atoms with Gasteiger partial charge in [0.2, 0.25) is 23.7 Å². The summed E-state index contributed by atoms with van der Waals surface area (Å²) in [6.45, 7) is 11.9. The molecule has 0 aliphatic heterocycles. The summed E-state index contributed by atoms with van der Waals surface area (Å²) in [7, 11) is 0. The van der Waals surface area contributed by atoms with Gasteiger partial charge in [-0.2, -0.15) is 0 Å². The molecule has 2 fully saturated rings. The average molecular weight is 721 g/mol. The molecule has 2 aliphatic carbocycles. The van der Waals surface area contributed by atoms with Crippen LogP contribution in [0.1, 0.15) is 139 Å². The van der Waals surface area contributed by atoms with Crippen LogP contribution in [0.2, 0.25) is 0 Å². The predicted molar refractivity (Wildman–Crippen MR) is 190 cm³/mol. The summed E-state index contributed by atoms with van der Waals surface area (Å²) in [5.74, 6) is 6.72. The fourth-order valence-electron chi connectivity index (χ4n) is 6.52. The van der Waals surface area contributed by atoms with Gasteiger partial charge >= 0.3 is 0 Å². The number of nitrogens with one attached hydrogen (secondary N) is 4. The van der Waals surface area contributed by atoms with Gasteiger partial charge in [-0.15, -0.1) is 0 Å². The van der Waals surface area contributed by atoms with Crippen molar-refractivity contribution in [3.63, 3.8) is 0 Å². The highest BCUT2D eigenvalue weighted by Gasteiger charge is 2.40. The highest BCUT2D eigenvalue weighted by Crippen LogP contribution is 2.39. The Kier molecular flexibility index (Phi) is 11.3. The second-order valence-corrected chi connectivity index (χ2v) is 16.3. The minimum atomic E-state index is -2.70. The molecular formula is C40H48F4N6O2. The molecule has 1 unspecified atom stereocenters. The van der Waals surface area contributed by atoms with Gasteiger partial charge in [-0.25, -0.2) is 27.5 Å². The Morgan fingerprint density at radius 3 is 1.29 bits per heavy atom. The Hall–Kier alpha value is -4.58. The Morgan fingerprint density at radius 1 is 0.654 bits per heavy atom. The molecule has 1 aromatic carbocycles. The zero-order valence-electron chi connectivity index (χ0n) is 30.7. The number of rotatable bonds is 6. The summed E-state index contributed by atoms with van der Waals surface area (Å²) in [5.41, 5.74) is 1.86. The van der Waals surface area contributed by atoms with Gasteiger partial charge in [0.25, 0.3) is 0 Å². The van der Waals surface area contributed by atoms with E-state index in [1.54, 1.807) is 12.4 Å². The summed E-state index contributed by atoms with van der Waals surface area (Å²) in [6, 6.07) is 6.49. The van der Waals surface area contributed by atoms with Crippen LogP contribution in [-0.4, -0.2) is 43.6 Å². The fraction of sp³-hybridized carbons (Fsp3) is 0.550. The number of aromatic nitrogens is 4. The molecule has 52 heavy (non-hydrogen) atoms. The van der Waals surface area contributed by atoms with E-state index in [4.69, 9.17) is 0 Å². The summed E-state index contributed by atoms with van der Waals surface area (Å²) in [4.78, 5) is 41.4. The molecule has 2 atom stereocenters. The van der Waals surface area contributed by atoms with Crippen LogP contribution in [0, 0.1) is 46.3 Å². The number of hydrogen-bond donors (Lipinski definition) is 4. The number of carbonyl (C=O) groups is 2. The van der Waals surface area contributed by atoms with E-state index < -0.39 is 46.6 Å². The van der Waals surface area contributed by atoms with E-state index in [2.05, 4.69) is 54.3 Å². The van der Waals surface area contributed by atoms with Crippen LogP contribution in [-0.2, 0) is 9.59 Å². The third kappa shape index (κ3) is 10.3. The lowest BCUT2D eigenvalue weighted by atomic mass is 9.83. The van der Waals surface area contributed by atoms with Crippen molar-refractivity contribution in [2.45, 2.75) is 117 Å². The summed E-state index contributed by atoms with van der Waals surface area (Å²) in [6.07, 6.45) is 2.76. The highest BCUT2D eigenvalue weighted by molar-refractivity contribution is 5.79. The van der Waals surface area contributed by atoms with Crippen LogP contribution < -0.4 is 10.6 Å². The van der Waals surface area contributed by atoms with Gasteiger partial charge in [0.15, 0.2) is 0 Å². The normalized spacial score (nSPS) is 19.0. The topological polar surface area (TPSA) is 116 Å². The monoisotopic (exact) mass is 720 g/mol. The summed E-state index contributed by atoms with van der Waals surface area (Å²) < 4.78 is 54.5. The van der Waals surface area contributed by atoms with Gasteiger partial charge in [0, 0.05) is 48.6 Å². The smallest absolute Gasteiger partial charge is 0.248 e. The number of benzene rings is 1. The number of alkyl halides is 4. The molecule has 5 rings (SSSR count). The summed E-state index contributed by atoms with van der Waals surface area (Å²) in [5, 5.41) is 6.08. The number of halogens is 4. The van der Waals surface area contributed by atoms with E-state index in [9.17, 15) is 27.2 Å². The Balaban J connectivity index is 1.20. The van der Waals surface area contributed by atoms with E-state index >= 15 is 0 Å². The molecule has 2 amide bonds. The van der Waals surface area contributed by atoms with Crippen molar-refractivity contribution >= 4 is 11.8 Å². The molecule has 0 bridgehead atoms. The van der Waals surface area contributed by atoms with Gasteiger partial charge < -0.3 is 20.6 Å². The van der Waals surface area contributed by atoms with Crippen molar-refractivity contribution in [2.24, 2.45) is 22.7 Å². The standard InChI is InChI=1S/C40H48F4N6O2/c1-37(2,3)31(49-35(51)27-15-19-39(41,42)20-16-27)33-45-23-29(47-33)13-11-25-7-9-26(10-8-25)12-14-30-24-46-34(48-30)32(38(4,5)6)50-36(52)28-17-21-40(43,44)22-18-28/h7-10,23-24,27-28,31-32H,15-22H2,1-6H3,(H,45,47)(H,46,48)(H,49,51)(H,50,52)/t31-,32?/m1/s1. The lowest BCUT2D eigenvalue weighted by Gasteiger charge is -2.33. The first-order valence-corrected chi connectivity index (χ1v) is 17.9. The third-order valence-corrected chi connectivity index (χ3v) is 9.79. The second kappa shape index (κ2) is 15.2. The zero-order chi connectivity index (χ0) is 37.9. The van der Waals surface area contributed by atoms with Crippen molar-refractivity contribution in [1.29, 1.82) is 0 Å². The molecule has 2 aliphatic rings. The molecule has 2 aromatic heterocycles. The SMILES string of the molecule is CC(C)(C)C(NC(=O)C1CCC(F)(F)CC1)c1ncc(C#Cc2ccc(C#Cc3cnc([C@@H](NC(=O)C4CCC(F)(F)CC4)C(C)(C)C)[nH]3)cc2)[nH]1.